The molecule has 0 radical (unpaired) electrons. The molecule has 2 aliphatic rings. The highest BCUT2D eigenvalue weighted by Crippen LogP contribution is 2.30. The van der Waals surface area contributed by atoms with Crippen LogP contribution in [-0.2, 0) is 6.54 Å². The molecule has 1 aliphatic heterocycles. The average molecular weight is 288 g/mol. The molecule has 1 heterocycles. The summed E-state index contributed by atoms with van der Waals surface area (Å²) in [7, 11) is 0. The molecular formula is C18H28N2O. The first-order valence-corrected chi connectivity index (χ1v) is 8.51. The second-order valence-corrected chi connectivity index (χ2v) is 6.61. The topological polar surface area (TPSA) is 44.3 Å². The second-order valence-electron chi connectivity index (χ2n) is 6.61. The van der Waals surface area contributed by atoms with Crippen LogP contribution in [0.4, 0.5) is 0 Å². The van der Waals surface area contributed by atoms with Crippen LogP contribution < -0.4 is 10.6 Å². The van der Waals surface area contributed by atoms with Crippen LogP contribution >= 0.6 is 0 Å². The Morgan fingerprint density at radius 1 is 1.10 bits per heavy atom. The molecule has 1 fully saturated rings. The first-order chi connectivity index (χ1) is 10.4. The van der Waals surface area contributed by atoms with Crippen molar-refractivity contribution in [3.05, 3.63) is 35.4 Å². The molecule has 1 saturated carbocycles. The Kier molecular flexibility index (Phi) is 5.28. The SMILES string of the molecule is OCC1CCCCC1CNC1CCNCc2ccccc21. The van der Waals surface area contributed by atoms with Gasteiger partial charge in [0.1, 0.15) is 0 Å². The van der Waals surface area contributed by atoms with Crippen molar-refractivity contribution in [1.29, 1.82) is 0 Å². The lowest BCUT2D eigenvalue weighted by atomic mass is 9.79. The first kappa shape index (κ1) is 15.0. The monoisotopic (exact) mass is 288 g/mol. The lowest BCUT2D eigenvalue weighted by molar-refractivity contribution is 0.131. The van der Waals surface area contributed by atoms with E-state index < -0.39 is 0 Å². The van der Waals surface area contributed by atoms with Gasteiger partial charge < -0.3 is 15.7 Å². The summed E-state index contributed by atoms with van der Waals surface area (Å²) < 4.78 is 0. The lowest BCUT2D eigenvalue weighted by Gasteiger charge is -2.32. The first-order valence-electron chi connectivity index (χ1n) is 8.51. The van der Waals surface area contributed by atoms with Crippen molar-refractivity contribution in [2.45, 2.75) is 44.7 Å². The molecule has 0 bridgehead atoms. The molecule has 0 aromatic heterocycles. The number of aliphatic hydroxyl groups is 1. The van der Waals surface area contributed by atoms with E-state index in [1.165, 1.54) is 36.8 Å². The summed E-state index contributed by atoms with van der Waals surface area (Å²) in [5.74, 6) is 1.15. The van der Waals surface area contributed by atoms with Gasteiger partial charge in [-0.25, -0.2) is 0 Å². The molecule has 116 valence electrons. The maximum absolute atomic E-state index is 9.56. The molecule has 3 heteroatoms. The van der Waals surface area contributed by atoms with Crippen LogP contribution in [0.2, 0.25) is 0 Å². The minimum absolute atomic E-state index is 0.356. The number of fused-ring (bicyclic) bond motifs is 1. The molecular weight excluding hydrogens is 260 g/mol. The summed E-state index contributed by atoms with van der Waals surface area (Å²) in [5.41, 5.74) is 2.88. The van der Waals surface area contributed by atoms with E-state index in [0.29, 0.717) is 24.5 Å². The van der Waals surface area contributed by atoms with Gasteiger partial charge in [-0.2, -0.15) is 0 Å². The summed E-state index contributed by atoms with van der Waals surface area (Å²) in [6.45, 7) is 3.46. The molecule has 3 atom stereocenters. The van der Waals surface area contributed by atoms with Gasteiger partial charge in [0.15, 0.2) is 0 Å². The Labute approximate surface area is 128 Å². The zero-order valence-corrected chi connectivity index (χ0v) is 12.9. The van der Waals surface area contributed by atoms with Crippen molar-refractivity contribution in [2.75, 3.05) is 19.7 Å². The third kappa shape index (κ3) is 3.65. The van der Waals surface area contributed by atoms with Gasteiger partial charge in [0.2, 0.25) is 0 Å². The van der Waals surface area contributed by atoms with Crippen molar-refractivity contribution < 1.29 is 5.11 Å². The fraction of sp³-hybridized carbons (Fsp3) is 0.667. The van der Waals surface area contributed by atoms with Crippen molar-refractivity contribution in [1.82, 2.24) is 10.6 Å². The van der Waals surface area contributed by atoms with E-state index in [1.54, 1.807) is 0 Å². The summed E-state index contributed by atoms with van der Waals surface area (Å²) in [6, 6.07) is 9.24. The standard InChI is InChI=1S/C18H28N2O/c21-13-16-7-2-1-5-14(16)12-20-18-9-10-19-11-15-6-3-4-8-17(15)18/h3-4,6,8,14,16,18-21H,1-2,5,7,9-13H2. The second kappa shape index (κ2) is 7.39. The maximum atomic E-state index is 9.56. The van der Waals surface area contributed by atoms with Crippen molar-refractivity contribution in [2.24, 2.45) is 11.8 Å². The summed E-state index contributed by atoms with van der Waals surface area (Å²) in [5, 5.41) is 16.9. The van der Waals surface area contributed by atoms with Crippen LogP contribution in [0.15, 0.2) is 24.3 Å². The molecule has 0 spiro atoms. The van der Waals surface area contributed by atoms with Crippen molar-refractivity contribution in [3.63, 3.8) is 0 Å². The zero-order chi connectivity index (χ0) is 14.5. The zero-order valence-electron chi connectivity index (χ0n) is 12.9. The molecule has 3 rings (SSSR count). The largest absolute Gasteiger partial charge is 0.396 e. The van der Waals surface area contributed by atoms with Gasteiger partial charge in [0, 0.05) is 19.2 Å². The predicted octanol–water partition coefficient (Wildman–Crippen LogP) is 2.61. The van der Waals surface area contributed by atoms with E-state index in [0.717, 1.165) is 26.1 Å². The Balaban J connectivity index is 1.64. The predicted molar refractivity (Wildman–Crippen MR) is 86.0 cm³/mol. The van der Waals surface area contributed by atoms with Crippen LogP contribution in [-0.4, -0.2) is 24.8 Å². The van der Waals surface area contributed by atoms with E-state index in [9.17, 15) is 5.11 Å². The lowest BCUT2D eigenvalue weighted by Crippen LogP contribution is -2.34. The average Bonchev–Trinajstić information content (AvgIpc) is 2.75. The Hall–Kier alpha value is -0.900. The van der Waals surface area contributed by atoms with E-state index in [1.807, 2.05) is 0 Å². The number of benzene rings is 1. The van der Waals surface area contributed by atoms with Crippen molar-refractivity contribution >= 4 is 0 Å². The number of hydrogen-bond acceptors (Lipinski definition) is 3. The fourth-order valence-electron chi connectivity index (χ4n) is 3.96. The van der Waals surface area contributed by atoms with E-state index in [-0.39, 0.29) is 0 Å². The third-order valence-corrected chi connectivity index (χ3v) is 5.28. The number of rotatable bonds is 4. The molecule has 3 unspecified atom stereocenters. The number of hydrogen-bond donors (Lipinski definition) is 3. The third-order valence-electron chi connectivity index (χ3n) is 5.28. The quantitative estimate of drug-likeness (QED) is 0.798. The summed E-state index contributed by atoms with van der Waals surface area (Å²) in [4.78, 5) is 0. The number of nitrogens with one attached hydrogen (secondary N) is 2. The Morgan fingerprint density at radius 3 is 2.76 bits per heavy atom. The van der Waals surface area contributed by atoms with Crippen LogP contribution in [0.1, 0.15) is 49.3 Å². The molecule has 21 heavy (non-hydrogen) atoms. The van der Waals surface area contributed by atoms with Gasteiger partial charge in [-0.3, -0.25) is 0 Å². The molecule has 0 amide bonds. The summed E-state index contributed by atoms with van der Waals surface area (Å²) >= 11 is 0. The van der Waals surface area contributed by atoms with Gasteiger partial charge >= 0.3 is 0 Å². The van der Waals surface area contributed by atoms with Gasteiger partial charge in [0.05, 0.1) is 0 Å². The number of aliphatic hydroxyl groups excluding tert-OH is 1. The molecule has 0 saturated heterocycles. The summed E-state index contributed by atoms with van der Waals surface area (Å²) in [6.07, 6.45) is 6.23. The smallest absolute Gasteiger partial charge is 0.0462 e. The Morgan fingerprint density at radius 2 is 1.90 bits per heavy atom. The Bertz CT molecular complexity index is 449. The highest BCUT2D eigenvalue weighted by atomic mass is 16.3. The van der Waals surface area contributed by atoms with Gasteiger partial charge in [-0.05, 0) is 55.3 Å². The van der Waals surface area contributed by atoms with E-state index in [4.69, 9.17) is 0 Å². The van der Waals surface area contributed by atoms with Crippen molar-refractivity contribution in [3.8, 4) is 0 Å². The van der Waals surface area contributed by atoms with E-state index in [2.05, 4.69) is 34.9 Å². The maximum Gasteiger partial charge on any atom is 0.0462 e. The molecule has 1 aromatic rings. The minimum Gasteiger partial charge on any atom is -0.396 e. The normalized spacial score (nSPS) is 29.7. The minimum atomic E-state index is 0.356. The van der Waals surface area contributed by atoms with Gasteiger partial charge in [-0.15, -0.1) is 0 Å². The molecule has 3 N–H and O–H groups in total. The van der Waals surface area contributed by atoms with Gasteiger partial charge in [-0.1, -0.05) is 37.1 Å². The van der Waals surface area contributed by atoms with E-state index >= 15 is 0 Å². The van der Waals surface area contributed by atoms with Crippen LogP contribution in [0.3, 0.4) is 0 Å². The van der Waals surface area contributed by atoms with Crippen LogP contribution in [0.5, 0.6) is 0 Å². The van der Waals surface area contributed by atoms with Gasteiger partial charge in [0.25, 0.3) is 0 Å². The van der Waals surface area contributed by atoms with Crippen LogP contribution in [0.25, 0.3) is 0 Å². The molecule has 1 aliphatic carbocycles. The molecule has 1 aromatic carbocycles. The van der Waals surface area contributed by atoms with Crippen LogP contribution in [0, 0.1) is 11.8 Å². The highest BCUT2D eigenvalue weighted by Gasteiger charge is 2.26. The fourth-order valence-corrected chi connectivity index (χ4v) is 3.96. The molecule has 3 nitrogen and oxygen atoms in total. The highest BCUT2D eigenvalue weighted by molar-refractivity contribution is 5.31.